The number of ether oxygens (including phenoxy) is 2. The van der Waals surface area contributed by atoms with Gasteiger partial charge in [-0.15, -0.1) is 11.3 Å². The number of allylic oxidation sites excluding steroid dienone is 1. The van der Waals surface area contributed by atoms with E-state index in [1.165, 1.54) is 24.5 Å². The third-order valence-electron chi connectivity index (χ3n) is 4.15. The van der Waals surface area contributed by atoms with Crippen LogP contribution < -0.4 is 15.8 Å². The number of benzene rings is 1. The van der Waals surface area contributed by atoms with Gasteiger partial charge in [-0.2, -0.15) is 0 Å². The zero-order chi connectivity index (χ0) is 21.9. The first-order valence-electron chi connectivity index (χ1n) is 9.19. The third-order valence-corrected chi connectivity index (χ3v) is 5.18. The second-order valence-electron chi connectivity index (χ2n) is 7.49. The van der Waals surface area contributed by atoms with Crippen molar-refractivity contribution in [1.82, 2.24) is 4.98 Å². The van der Waals surface area contributed by atoms with E-state index in [0.717, 1.165) is 33.1 Å². The number of aromatic nitrogens is 1. The maximum absolute atomic E-state index is 12.1. The number of rotatable bonds is 5. The van der Waals surface area contributed by atoms with Gasteiger partial charge >= 0.3 is 6.09 Å². The van der Waals surface area contributed by atoms with Crippen LogP contribution in [-0.2, 0) is 9.53 Å². The van der Waals surface area contributed by atoms with Crippen molar-refractivity contribution in [1.29, 1.82) is 0 Å². The van der Waals surface area contributed by atoms with Crippen molar-refractivity contribution >= 4 is 51.4 Å². The molecule has 7 nitrogen and oxygen atoms in total. The summed E-state index contributed by atoms with van der Waals surface area (Å²) in [7, 11) is 1.53. The quantitative estimate of drug-likeness (QED) is 0.435. The minimum atomic E-state index is -0.604. The van der Waals surface area contributed by atoms with Crippen LogP contribution >= 0.6 is 11.3 Å². The number of carbonyl (C=O) groups excluding carboxylic acids is 2. The smallest absolute Gasteiger partial charge is 0.412 e. The van der Waals surface area contributed by atoms with E-state index in [1.54, 1.807) is 39.1 Å². The number of nitrogen functional groups attached to an aromatic ring is 1. The molecule has 0 atom stereocenters. The molecule has 8 heteroatoms. The van der Waals surface area contributed by atoms with Crippen LogP contribution in [0.5, 0.6) is 5.75 Å². The van der Waals surface area contributed by atoms with Gasteiger partial charge in [0.1, 0.15) is 23.5 Å². The topological polar surface area (TPSA) is 104 Å². The molecule has 1 amide bonds. The van der Waals surface area contributed by atoms with Gasteiger partial charge in [0.15, 0.2) is 0 Å². The van der Waals surface area contributed by atoms with Gasteiger partial charge in [0.25, 0.3) is 0 Å². The highest BCUT2D eigenvalue weighted by Crippen LogP contribution is 2.41. The zero-order valence-electron chi connectivity index (χ0n) is 17.2. The van der Waals surface area contributed by atoms with Crippen molar-refractivity contribution in [3.8, 4) is 16.9 Å². The second-order valence-corrected chi connectivity index (χ2v) is 8.37. The molecular weight excluding hydrogens is 402 g/mol. The number of methoxy groups -OCH3 is 1. The lowest BCUT2D eigenvalue weighted by molar-refractivity contribution is -0.104. The van der Waals surface area contributed by atoms with Gasteiger partial charge in [-0.05, 0) is 56.0 Å². The number of hydrogen-bond acceptors (Lipinski definition) is 7. The van der Waals surface area contributed by atoms with E-state index in [4.69, 9.17) is 15.2 Å². The monoisotopic (exact) mass is 425 g/mol. The molecule has 1 aromatic carbocycles. The van der Waals surface area contributed by atoms with Crippen molar-refractivity contribution in [3.63, 3.8) is 0 Å². The van der Waals surface area contributed by atoms with Gasteiger partial charge in [-0.25, -0.2) is 9.78 Å². The van der Waals surface area contributed by atoms with Crippen molar-refractivity contribution < 1.29 is 19.1 Å². The van der Waals surface area contributed by atoms with Gasteiger partial charge < -0.3 is 15.2 Å². The summed E-state index contributed by atoms with van der Waals surface area (Å²) in [6, 6.07) is 5.44. The number of aldehydes is 1. The highest BCUT2D eigenvalue weighted by molar-refractivity contribution is 7.18. The maximum Gasteiger partial charge on any atom is 0.412 e. The Hall–Kier alpha value is -3.39. The molecule has 2 heterocycles. The van der Waals surface area contributed by atoms with Gasteiger partial charge in [0.05, 0.1) is 12.8 Å². The first-order chi connectivity index (χ1) is 14.2. The molecule has 0 radical (unpaired) electrons. The lowest BCUT2D eigenvalue weighted by Crippen LogP contribution is -2.27. The number of amides is 1. The average Bonchev–Trinajstić information content (AvgIpc) is 3.12. The van der Waals surface area contributed by atoms with E-state index in [0.29, 0.717) is 17.3 Å². The summed E-state index contributed by atoms with van der Waals surface area (Å²) in [6.07, 6.45) is 4.93. The lowest BCUT2D eigenvalue weighted by atomic mass is 10.0. The summed E-state index contributed by atoms with van der Waals surface area (Å²) in [5.74, 6) is 0.890. The molecular formula is C22H23N3O4S. The number of nitrogens with zero attached hydrogens (tertiary/aromatic N) is 1. The molecule has 0 fully saturated rings. The molecule has 0 saturated carbocycles. The number of anilines is 2. The predicted molar refractivity (Wildman–Crippen MR) is 121 cm³/mol. The molecule has 3 aromatic rings. The van der Waals surface area contributed by atoms with Gasteiger partial charge in [-0.1, -0.05) is 6.07 Å². The number of carbonyl (C=O) groups is 2. The van der Waals surface area contributed by atoms with Crippen LogP contribution in [0.25, 0.3) is 27.3 Å². The Morgan fingerprint density at radius 3 is 2.73 bits per heavy atom. The molecule has 30 heavy (non-hydrogen) atoms. The van der Waals surface area contributed by atoms with E-state index in [9.17, 15) is 9.59 Å². The van der Waals surface area contributed by atoms with Crippen LogP contribution in [0.4, 0.5) is 16.3 Å². The van der Waals surface area contributed by atoms with Crippen LogP contribution in [0.2, 0.25) is 0 Å². The van der Waals surface area contributed by atoms with Crippen LogP contribution in [0.3, 0.4) is 0 Å². The number of hydrogen-bond donors (Lipinski definition) is 2. The van der Waals surface area contributed by atoms with Crippen molar-refractivity contribution in [2.24, 2.45) is 0 Å². The highest BCUT2D eigenvalue weighted by Gasteiger charge is 2.19. The summed E-state index contributed by atoms with van der Waals surface area (Å²) in [5, 5.41) is 5.50. The molecule has 0 aliphatic heterocycles. The molecule has 0 unspecified atom stereocenters. The molecule has 0 aliphatic rings. The Morgan fingerprint density at radius 2 is 2.07 bits per heavy atom. The van der Waals surface area contributed by atoms with Gasteiger partial charge in [0, 0.05) is 27.4 Å². The molecule has 0 saturated heterocycles. The molecule has 156 valence electrons. The summed E-state index contributed by atoms with van der Waals surface area (Å²) >= 11 is 1.52. The first kappa shape index (κ1) is 21.3. The molecule has 3 N–H and O–H groups in total. The molecule has 2 aromatic heterocycles. The normalized spacial score (nSPS) is 11.6. The molecule has 0 bridgehead atoms. The number of fused-ring (bicyclic) bond motifs is 1. The van der Waals surface area contributed by atoms with Crippen LogP contribution in [0.1, 0.15) is 26.3 Å². The average molecular weight is 426 g/mol. The van der Waals surface area contributed by atoms with Crippen LogP contribution in [0, 0.1) is 0 Å². The minimum Gasteiger partial charge on any atom is -0.495 e. The summed E-state index contributed by atoms with van der Waals surface area (Å²) in [4.78, 5) is 27.1. The van der Waals surface area contributed by atoms with E-state index in [-0.39, 0.29) is 0 Å². The van der Waals surface area contributed by atoms with Crippen molar-refractivity contribution in [2.45, 2.75) is 26.4 Å². The molecule has 0 spiro atoms. The number of pyridine rings is 1. The molecule has 0 aliphatic carbocycles. The number of nitrogens with one attached hydrogen (secondary N) is 1. The van der Waals surface area contributed by atoms with Crippen molar-refractivity contribution in [2.75, 3.05) is 18.2 Å². The Balaban J connectivity index is 2.01. The largest absolute Gasteiger partial charge is 0.495 e. The van der Waals surface area contributed by atoms with E-state index >= 15 is 0 Å². The number of thiophene rings is 1. The molecule has 3 rings (SSSR count). The fourth-order valence-corrected chi connectivity index (χ4v) is 4.02. The predicted octanol–water partition coefficient (Wildman–Crippen LogP) is 5.11. The first-order valence-corrected chi connectivity index (χ1v) is 10.1. The fourth-order valence-electron chi connectivity index (χ4n) is 2.94. The van der Waals surface area contributed by atoms with Gasteiger partial charge in [0.2, 0.25) is 0 Å². The summed E-state index contributed by atoms with van der Waals surface area (Å²) in [5.41, 5.74) is 8.62. The minimum absolute atomic E-state index is 0.402. The Morgan fingerprint density at radius 1 is 1.30 bits per heavy atom. The van der Waals surface area contributed by atoms with Gasteiger partial charge in [-0.3, -0.25) is 10.1 Å². The second kappa shape index (κ2) is 8.54. The Bertz CT molecular complexity index is 1130. The van der Waals surface area contributed by atoms with Crippen molar-refractivity contribution in [3.05, 3.63) is 41.4 Å². The lowest BCUT2D eigenvalue weighted by Gasteiger charge is -2.20. The fraction of sp³-hybridized carbons (Fsp3) is 0.227. The number of nitrogens with two attached hydrogens (primary N) is 1. The standard InChI is InChI=1S/C22H23N3O4S/c1-22(2,3)29-21(27)25-16-8-7-13(10-17(16)28-4)15-12-30-19-14(6-5-9-26)11-24-20(23)18(15)19/h5-12H,1-4H3,(H2,23,24)(H,25,27). The van der Waals surface area contributed by atoms with E-state index in [2.05, 4.69) is 10.3 Å². The SMILES string of the molecule is COc1cc(-c2csc3c(C=CC=O)cnc(N)c23)ccc1NC(=O)OC(C)(C)C. The Labute approximate surface area is 178 Å². The van der Waals surface area contributed by atoms with Crippen LogP contribution in [0.15, 0.2) is 35.9 Å². The summed E-state index contributed by atoms with van der Waals surface area (Å²) in [6.45, 7) is 5.39. The van der Waals surface area contributed by atoms with E-state index < -0.39 is 11.7 Å². The Kier molecular flexibility index (Phi) is 6.07. The summed E-state index contributed by atoms with van der Waals surface area (Å²) < 4.78 is 11.7. The van der Waals surface area contributed by atoms with E-state index in [1.807, 2.05) is 17.5 Å². The van der Waals surface area contributed by atoms with Crippen LogP contribution in [-0.4, -0.2) is 30.1 Å². The highest BCUT2D eigenvalue weighted by atomic mass is 32.1. The maximum atomic E-state index is 12.1. The zero-order valence-corrected chi connectivity index (χ0v) is 18.0. The third kappa shape index (κ3) is 4.60.